The van der Waals surface area contributed by atoms with Crippen LogP contribution in [0, 0.1) is 0 Å². The monoisotopic (exact) mass is 270 g/mol. The minimum absolute atomic E-state index is 0.115. The van der Waals surface area contributed by atoms with Gasteiger partial charge in [-0.15, -0.1) is 0 Å². The van der Waals surface area contributed by atoms with Crippen molar-refractivity contribution in [3.05, 3.63) is 42.1 Å². The predicted octanol–water partition coefficient (Wildman–Crippen LogP) is 3.41. The van der Waals surface area contributed by atoms with Crippen LogP contribution < -0.4 is 5.73 Å². The van der Waals surface area contributed by atoms with Crippen LogP contribution in [0.4, 0.5) is 0 Å². The number of aromatic nitrogens is 1. The third kappa shape index (κ3) is 3.00. The van der Waals surface area contributed by atoms with Crippen molar-refractivity contribution in [1.82, 2.24) is 4.98 Å². The standard InChI is InChI=1S/C17H22N2O/c18-17(9-2-1-3-10-17)13-20-12-15-7-4-6-14-8-5-11-19-16(14)15/h4-8,11H,1-3,9-10,12-13,18H2. The number of hydrogen-bond donors (Lipinski definition) is 1. The summed E-state index contributed by atoms with van der Waals surface area (Å²) in [6.45, 7) is 1.24. The Morgan fingerprint density at radius 3 is 2.75 bits per heavy atom. The molecule has 0 bridgehead atoms. The van der Waals surface area contributed by atoms with Crippen molar-refractivity contribution < 1.29 is 4.74 Å². The number of nitrogens with zero attached hydrogens (tertiary/aromatic N) is 1. The maximum absolute atomic E-state index is 6.40. The van der Waals surface area contributed by atoms with E-state index in [9.17, 15) is 0 Å². The van der Waals surface area contributed by atoms with Crippen LogP contribution in [0.2, 0.25) is 0 Å². The molecule has 106 valence electrons. The maximum atomic E-state index is 6.40. The summed E-state index contributed by atoms with van der Waals surface area (Å²) in [5.74, 6) is 0. The van der Waals surface area contributed by atoms with Crippen molar-refractivity contribution in [2.75, 3.05) is 6.61 Å². The molecule has 0 atom stereocenters. The number of hydrogen-bond acceptors (Lipinski definition) is 3. The van der Waals surface area contributed by atoms with Crippen molar-refractivity contribution in [3.8, 4) is 0 Å². The largest absolute Gasteiger partial charge is 0.375 e. The number of nitrogens with two attached hydrogens (primary N) is 1. The van der Waals surface area contributed by atoms with Crippen LogP contribution in [0.1, 0.15) is 37.7 Å². The number of fused-ring (bicyclic) bond motifs is 1. The normalized spacial score (nSPS) is 18.2. The maximum Gasteiger partial charge on any atom is 0.0757 e. The van der Waals surface area contributed by atoms with E-state index in [1.807, 2.05) is 12.3 Å². The summed E-state index contributed by atoms with van der Waals surface area (Å²) in [5.41, 5.74) is 8.45. The van der Waals surface area contributed by atoms with E-state index < -0.39 is 0 Å². The van der Waals surface area contributed by atoms with Gasteiger partial charge in [0.05, 0.1) is 18.7 Å². The number of rotatable bonds is 4. The number of ether oxygens (including phenoxy) is 1. The van der Waals surface area contributed by atoms with Gasteiger partial charge < -0.3 is 10.5 Å². The summed E-state index contributed by atoms with van der Waals surface area (Å²) >= 11 is 0. The van der Waals surface area contributed by atoms with Gasteiger partial charge in [0.1, 0.15) is 0 Å². The van der Waals surface area contributed by atoms with Crippen LogP contribution >= 0.6 is 0 Å². The first-order valence-electron chi connectivity index (χ1n) is 7.46. The lowest BCUT2D eigenvalue weighted by atomic mass is 9.83. The average molecular weight is 270 g/mol. The number of benzene rings is 1. The van der Waals surface area contributed by atoms with Crippen LogP contribution in [0.3, 0.4) is 0 Å². The van der Waals surface area contributed by atoms with E-state index >= 15 is 0 Å². The van der Waals surface area contributed by atoms with Crippen molar-refractivity contribution >= 4 is 10.9 Å². The number of pyridine rings is 1. The summed E-state index contributed by atoms with van der Waals surface area (Å²) in [4.78, 5) is 4.45. The van der Waals surface area contributed by atoms with E-state index in [1.54, 1.807) is 0 Å². The second kappa shape index (κ2) is 5.90. The Hall–Kier alpha value is -1.45. The molecule has 0 aliphatic heterocycles. The minimum atomic E-state index is -0.115. The quantitative estimate of drug-likeness (QED) is 0.926. The fourth-order valence-corrected chi connectivity index (χ4v) is 3.05. The van der Waals surface area contributed by atoms with Gasteiger partial charge in [0.2, 0.25) is 0 Å². The number of para-hydroxylation sites is 1. The SMILES string of the molecule is NC1(COCc2cccc3cccnc23)CCCCC1. The first-order chi connectivity index (χ1) is 9.77. The Labute approximate surface area is 120 Å². The Balaban J connectivity index is 1.65. The topological polar surface area (TPSA) is 48.1 Å². The molecule has 1 aromatic carbocycles. The molecular weight excluding hydrogens is 248 g/mol. The zero-order chi connectivity index (χ0) is 13.8. The Morgan fingerprint density at radius 1 is 1.10 bits per heavy atom. The summed E-state index contributed by atoms with van der Waals surface area (Å²) in [7, 11) is 0. The van der Waals surface area contributed by atoms with Crippen molar-refractivity contribution in [3.63, 3.8) is 0 Å². The third-order valence-electron chi connectivity index (χ3n) is 4.21. The first kappa shape index (κ1) is 13.5. The zero-order valence-electron chi connectivity index (χ0n) is 11.8. The molecule has 1 saturated carbocycles. The summed E-state index contributed by atoms with van der Waals surface area (Å²) in [6.07, 6.45) is 7.77. The highest BCUT2D eigenvalue weighted by Gasteiger charge is 2.27. The van der Waals surface area contributed by atoms with E-state index in [0.29, 0.717) is 13.2 Å². The fraction of sp³-hybridized carbons (Fsp3) is 0.471. The second-order valence-electron chi connectivity index (χ2n) is 5.91. The Kier molecular flexibility index (Phi) is 3.99. The molecule has 1 aromatic heterocycles. The van der Waals surface area contributed by atoms with E-state index in [-0.39, 0.29) is 5.54 Å². The molecule has 1 fully saturated rings. The molecule has 1 aliphatic carbocycles. The second-order valence-corrected chi connectivity index (χ2v) is 5.91. The minimum Gasteiger partial charge on any atom is -0.375 e. The molecule has 1 aliphatic rings. The Morgan fingerprint density at radius 2 is 1.90 bits per heavy atom. The van der Waals surface area contributed by atoms with Crippen molar-refractivity contribution in [2.24, 2.45) is 5.73 Å². The molecule has 0 saturated heterocycles. The average Bonchev–Trinajstić information content (AvgIpc) is 2.48. The fourth-order valence-electron chi connectivity index (χ4n) is 3.05. The van der Waals surface area contributed by atoms with E-state index in [4.69, 9.17) is 10.5 Å². The summed E-state index contributed by atoms with van der Waals surface area (Å²) < 4.78 is 5.91. The zero-order valence-corrected chi connectivity index (χ0v) is 11.8. The van der Waals surface area contributed by atoms with E-state index in [0.717, 1.165) is 29.3 Å². The van der Waals surface area contributed by atoms with Gasteiger partial charge in [0.15, 0.2) is 0 Å². The molecule has 2 N–H and O–H groups in total. The van der Waals surface area contributed by atoms with Crippen LogP contribution in [0.5, 0.6) is 0 Å². The summed E-state index contributed by atoms with van der Waals surface area (Å²) in [5, 5.41) is 1.16. The molecule has 20 heavy (non-hydrogen) atoms. The van der Waals surface area contributed by atoms with E-state index in [1.165, 1.54) is 19.3 Å². The lowest BCUT2D eigenvalue weighted by Gasteiger charge is -2.33. The van der Waals surface area contributed by atoms with Gasteiger partial charge in [-0.05, 0) is 18.9 Å². The van der Waals surface area contributed by atoms with Crippen molar-refractivity contribution in [1.29, 1.82) is 0 Å². The predicted molar refractivity (Wildman–Crippen MR) is 81.4 cm³/mol. The van der Waals surface area contributed by atoms with Crippen LogP contribution in [-0.2, 0) is 11.3 Å². The lowest BCUT2D eigenvalue weighted by Crippen LogP contribution is -2.46. The molecule has 3 nitrogen and oxygen atoms in total. The molecule has 0 unspecified atom stereocenters. The molecule has 0 spiro atoms. The molecule has 3 heteroatoms. The smallest absolute Gasteiger partial charge is 0.0757 e. The lowest BCUT2D eigenvalue weighted by molar-refractivity contribution is 0.0579. The van der Waals surface area contributed by atoms with Crippen molar-refractivity contribution in [2.45, 2.75) is 44.2 Å². The van der Waals surface area contributed by atoms with Crippen LogP contribution in [0.15, 0.2) is 36.5 Å². The van der Waals surface area contributed by atoms with Gasteiger partial charge in [0, 0.05) is 22.7 Å². The third-order valence-corrected chi connectivity index (χ3v) is 4.21. The molecule has 0 amide bonds. The van der Waals surface area contributed by atoms with Crippen LogP contribution in [-0.4, -0.2) is 17.1 Å². The van der Waals surface area contributed by atoms with Gasteiger partial charge in [0.25, 0.3) is 0 Å². The highest BCUT2D eigenvalue weighted by molar-refractivity contribution is 5.81. The molecule has 0 radical (unpaired) electrons. The van der Waals surface area contributed by atoms with Gasteiger partial charge in [-0.3, -0.25) is 4.98 Å². The molecular formula is C17H22N2O. The molecule has 1 heterocycles. The van der Waals surface area contributed by atoms with Gasteiger partial charge >= 0.3 is 0 Å². The van der Waals surface area contributed by atoms with Gasteiger partial charge in [-0.2, -0.15) is 0 Å². The highest BCUT2D eigenvalue weighted by atomic mass is 16.5. The van der Waals surface area contributed by atoms with Gasteiger partial charge in [-0.25, -0.2) is 0 Å². The first-order valence-corrected chi connectivity index (χ1v) is 7.46. The van der Waals surface area contributed by atoms with Gasteiger partial charge in [-0.1, -0.05) is 43.5 Å². The molecule has 2 aromatic rings. The van der Waals surface area contributed by atoms with E-state index in [2.05, 4.69) is 29.2 Å². The highest BCUT2D eigenvalue weighted by Crippen LogP contribution is 2.26. The van der Waals surface area contributed by atoms with Crippen LogP contribution in [0.25, 0.3) is 10.9 Å². The summed E-state index contributed by atoms with van der Waals surface area (Å²) in [6, 6.07) is 10.3. The molecule has 3 rings (SSSR count). The Bertz CT molecular complexity index is 571.